The molecule has 164 valence electrons. The number of nitrogens with zero attached hydrogens (tertiary/aromatic N) is 2. The molecule has 3 aromatic carbocycles. The maximum Gasteiger partial charge on any atom is 0.225 e. The van der Waals surface area contributed by atoms with Crippen LogP contribution in [0.5, 0.6) is 0 Å². The average molecular weight is 450 g/mol. The molecule has 5 rings (SSSR count). The molecule has 0 aromatic heterocycles. The molecule has 2 aliphatic heterocycles. The van der Waals surface area contributed by atoms with Gasteiger partial charge in [-0.25, -0.2) is 4.39 Å². The van der Waals surface area contributed by atoms with Crippen molar-refractivity contribution >= 4 is 28.9 Å². The van der Waals surface area contributed by atoms with Crippen molar-refractivity contribution in [3.63, 3.8) is 0 Å². The van der Waals surface area contributed by atoms with Gasteiger partial charge in [-0.05, 0) is 47.9 Å². The molecule has 3 aromatic rings. The van der Waals surface area contributed by atoms with Crippen LogP contribution < -0.4 is 15.1 Å². The van der Waals surface area contributed by atoms with Gasteiger partial charge in [-0.3, -0.25) is 4.79 Å². The van der Waals surface area contributed by atoms with Crippen molar-refractivity contribution in [2.45, 2.75) is 19.0 Å². The van der Waals surface area contributed by atoms with Crippen molar-refractivity contribution in [3.05, 3.63) is 94.8 Å². The number of benzene rings is 3. The molecule has 0 bridgehead atoms. The maximum atomic E-state index is 13.5. The molecule has 1 N–H and O–H groups in total. The number of fused-ring (bicyclic) bond motifs is 3. The van der Waals surface area contributed by atoms with E-state index < -0.39 is 0 Å². The number of carbonyl (C=O) groups is 1. The summed E-state index contributed by atoms with van der Waals surface area (Å²) in [6.07, 6.45) is 0.683. The average Bonchev–Trinajstić information content (AvgIpc) is 2.82. The number of hydrogen-bond acceptors (Lipinski definition) is 3. The summed E-state index contributed by atoms with van der Waals surface area (Å²) in [5, 5.41) is 3.78. The summed E-state index contributed by atoms with van der Waals surface area (Å²) >= 11 is 6.48. The zero-order valence-electron chi connectivity index (χ0n) is 17.7. The topological polar surface area (TPSA) is 35.6 Å². The second kappa shape index (κ2) is 8.83. The van der Waals surface area contributed by atoms with Crippen molar-refractivity contribution in [2.75, 3.05) is 29.4 Å². The van der Waals surface area contributed by atoms with Crippen LogP contribution in [0.15, 0.2) is 72.8 Å². The molecule has 2 heterocycles. The van der Waals surface area contributed by atoms with Gasteiger partial charge in [0.15, 0.2) is 0 Å². The van der Waals surface area contributed by atoms with Crippen LogP contribution in [0.2, 0.25) is 5.02 Å². The number of halogens is 2. The van der Waals surface area contributed by atoms with Gasteiger partial charge < -0.3 is 15.1 Å². The van der Waals surface area contributed by atoms with Crippen LogP contribution in [-0.2, 0) is 17.8 Å². The summed E-state index contributed by atoms with van der Waals surface area (Å²) in [5.41, 5.74) is 4.17. The lowest BCUT2D eigenvalue weighted by atomic mass is 9.83. The Balaban J connectivity index is 1.40. The van der Waals surface area contributed by atoms with Gasteiger partial charge in [0.2, 0.25) is 5.91 Å². The Morgan fingerprint density at radius 3 is 2.59 bits per heavy atom. The quantitative estimate of drug-likeness (QED) is 0.629. The van der Waals surface area contributed by atoms with E-state index in [9.17, 15) is 9.18 Å². The van der Waals surface area contributed by atoms with Gasteiger partial charge in [0, 0.05) is 31.9 Å². The first-order valence-electron chi connectivity index (χ1n) is 11.0. The summed E-state index contributed by atoms with van der Waals surface area (Å²) in [7, 11) is 0. The van der Waals surface area contributed by atoms with E-state index in [1.54, 1.807) is 6.07 Å². The zero-order valence-corrected chi connectivity index (χ0v) is 18.4. The number of piperazine rings is 1. The van der Waals surface area contributed by atoms with Crippen molar-refractivity contribution in [2.24, 2.45) is 5.92 Å². The van der Waals surface area contributed by atoms with Crippen molar-refractivity contribution in [3.8, 4) is 0 Å². The lowest BCUT2D eigenvalue weighted by Gasteiger charge is -2.49. The van der Waals surface area contributed by atoms with Gasteiger partial charge in [0.05, 0.1) is 22.7 Å². The number of hydrogen-bond donors (Lipinski definition) is 1. The molecular weight excluding hydrogens is 425 g/mol. The maximum absolute atomic E-state index is 13.5. The van der Waals surface area contributed by atoms with E-state index in [1.807, 2.05) is 36.4 Å². The van der Waals surface area contributed by atoms with Gasteiger partial charge in [-0.2, -0.15) is 0 Å². The Morgan fingerprint density at radius 1 is 1.00 bits per heavy atom. The Kier molecular flexibility index (Phi) is 5.75. The number of carbonyl (C=O) groups excluding carboxylic acids is 1. The highest BCUT2D eigenvalue weighted by molar-refractivity contribution is 6.33. The van der Waals surface area contributed by atoms with E-state index in [-0.39, 0.29) is 23.7 Å². The van der Waals surface area contributed by atoms with Crippen LogP contribution in [0, 0.1) is 11.7 Å². The minimum atomic E-state index is -0.294. The molecule has 2 unspecified atom stereocenters. The second-order valence-corrected chi connectivity index (χ2v) is 8.85. The van der Waals surface area contributed by atoms with Gasteiger partial charge in [-0.1, -0.05) is 54.1 Å². The van der Waals surface area contributed by atoms with E-state index >= 15 is 0 Å². The van der Waals surface area contributed by atoms with Gasteiger partial charge in [-0.15, -0.1) is 0 Å². The lowest BCUT2D eigenvalue weighted by Crippen LogP contribution is -2.61. The molecule has 4 nitrogen and oxygen atoms in total. The molecule has 32 heavy (non-hydrogen) atoms. The van der Waals surface area contributed by atoms with Crippen LogP contribution in [0.1, 0.15) is 11.1 Å². The van der Waals surface area contributed by atoms with Crippen molar-refractivity contribution < 1.29 is 9.18 Å². The Labute approximate surface area is 192 Å². The molecule has 0 radical (unpaired) electrons. The van der Waals surface area contributed by atoms with Crippen molar-refractivity contribution in [1.82, 2.24) is 5.32 Å². The van der Waals surface area contributed by atoms with Gasteiger partial charge in [0.25, 0.3) is 0 Å². The summed E-state index contributed by atoms with van der Waals surface area (Å²) in [5.74, 6) is -0.499. The Bertz CT molecular complexity index is 1140. The van der Waals surface area contributed by atoms with Crippen molar-refractivity contribution in [1.29, 1.82) is 0 Å². The number of para-hydroxylation sites is 2. The summed E-state index contributed by atoms with van der Waals surface area (Å²) in [4.78, 5) is 18.0. The summed E-state index contributed by atoms with van der Waals surface area (Å²) in [6, 6.07) is 22.6. The minimum Gasteiger partial charge on any atom is -0.366 e. The monoisotopic (exact) mass is 449 g/mol. The number of rotatable bonds is 4. The molecule has 1 fully saturated rings. The van der Waals surface area contributed by atoms with Crippen LogP contribution in [0.3, 0.4) is 0 Å². The molecule has 0 spiro atoms. The standard InChI is InChI=1S/C26H25ClFN3O/c27-22-9-2-4-11-24(22)30-12-13-31-23-10-3-1-7-19(23)15-21(25(31)17-30)26(32)29-16-18-6-5-8-20(28)14-18/h1-11,14,21,25H,12-13,15-17H2,(H,29,32). The molecule has 1 amide bonds. The molecule has 0 saturated carbocycles. The minimum absolute atomic E-state index is 0.000210. The zero-order chi connectivity index (χ0) is 22.1. The highest BCUT2D eigenvalue weighted by atomic mass is 35.5. The first kappa shape index (κ1) is 20.8. The lowest BCUT2D eigenvalue weighted by molar-refractivity contribution is -0.126. The van der Waals surface area contributed by atoms with Crippen LogP contribution in [0.4, 0.5) is 15.8 Å². The molecule has 2 aliphatic rings. The predicted octanol–water partition coefficient (Wildman–Crippen LogP) is 4.66. The highest BCUT2D eigenvalue weighted by Crippen LogP contribution is 2.38. The van der Waals surface area contributed by atoms with Gasteiger partial charge in [0.1, 0.15) is 5.82 Å². The van der Waals surface area contributed by atoms with E-state index in [1.165, 1.54) is 23.4 Å². The number of nitrogens with one attached hydrogen (secondary N) is 1. The normalized spacial score (nSPS) is 19.8. The fourth-order valence-electron chi connectivity index (χ4n) is 4.95. The summed E-state index contributed by atoms with van der Waals surface area (Å²) in [6.45, 7) is 2.69. The largest absolute Gasteiger partial charge is 0.366 e. The first-order chi connectivity index (χ1) is 15.6. The molecular formula is C26H25ClFN3O. The second-order valence-electron chi connectivity index (χ2n) is 8.45. The molecule has 1 saturated heterocycles. The third kappa shape index (κ3) is 4.05. The van der Waals surface area contributed by atoms with Crippen LogP contribution >= 0.6 is 11.6 Å². The third-order valence-corrected chi connectivity index (χ3v) is 6.83. The van der Waals surface area contributed by atoms with Crippen LogP contribution in [-0.4, -0.2) is 31.6 Å². The molecule has 2 atom stereocenters. The van der Waals surface area contributed by atoms with E-state index in [0.29, 0.717) is 13.0 Å². The smallest absolute Gasteiger partial charge is 0.225 e. The number of amides is 1. The SMILES string of the molecule is O=C(NCc1cccc(F)c1)C1Cc2ccccc2N2CCN(c3ccccc3Cl)CC12. The highest BCUT2D eigenvalue weighted by Gasteiger charge is 2.41. The Morgan fingerprint density at radius 2 is 1.78 bits per heavy atom. The van der Waals surface area contributed by atoms with E-state index in [2.05, 4.69) is 33.3 Å². The predicted molar refractivity (Wildman–Crippen MR) is 127 cm³/mol. The van der Waals surface area contributed by atoms with E-state index in [0.717, 1.165) is 35.9 Å². The Hall–Kier alpha value is -3.05. The molecule has 0 aliphatic carbocycles. The fourth-order valence-corrected chi connectivity index (χ4v) is 5.21. The van der Waals surface area contributed by atoms with E-state index in [4.69, 9.17) is 11.6 Å². The van der Waals surface area contributed by atoms with Gasteiger partial charge >= 0.3 is 0 Å². The van der Waals surface area contributed by atoms with Crippen LogP contribution in [0.25, 0.3) is 0 Å². The first-order valence-corrected chi connectivity index (χ1v) is 11.3. The summed E-state index contributed by atoms with van der Waals surface area (Å²) < 4.78 is 13.5. The third-order valence-electron chi connectivity index (χ3n) is 6.51. The number of anilines is 2. The fraction of sp³-hybridized carbons (Fsp3) is 0.269. The molecule has 6 heteroatoms.